The summed E-state index contributed by atoms with van der Waals surface area (Å²) in [6, 6.07) is 8.69. The third kappa shape index (κ3) is 2.42. The third-order valence-electron chi connectivity index (χ3n) is 3.68. The van der Waals surface area contributed by atoms with Gasteiger partial charge in [0.05, 0.1) is 5.69 Å². The van der Waals surface area contributed by atoms with Gasteiger partial charge in [0.15, 0.2) is 0 Å². The molecule has 0 aliphatic carbocycles. The number of hydrogen-bond acceptors (Lipinski definition) is 4. The second-order valence-electron chi connectivity index (χ2n) is 5.04. The molecule has 2 heterocycles. The molecule has 0 unspecified atom stereocenters. The van der Waals surface area contributed by atoms with Gasteiger partial charge in [-0.3, -0.25) is 4.31 Å². The molecular formula is C15H17NO3S2. The van der Waals surface area contributed by atoms with E-state index in [0.29, 0.717) is 16.4 Å². The minimum absolute atomic E-state index is 0.0306. The summed E-state index contributed by atoms with van der Waals surface area (Å²) >= 11 is 1.30. The standard InChI is InChI=1S/C15H17NO3S2/c1-2-12-8-9-14(20-12)21(18,19)16-10-4-6-11-5-3-7-13(17)15(11)16/h3,5,7-9,17H,2,4,6,10H2,1H3. The second-order valence-corrected chi connectivity index (χ2v) is 8.30. The van der Waals surface area contributed by atoms with Gasteiger partial charge in [0.1, 0.15) is 9.96 Å². The SMILES string of the molecule is CCc1ccc(S(=O)(=O)N2CCCc3cccc(O)c32)s1. The minimum Gasteiger partial charge on any atom is -0.506 e. The summed E-state index contributed by atoms with van der Waals surface area (Å²) in [5.74, 6) is 0.0306. The molecule has 0 amide bonds. The first-order valence-electron chi connectivity index (χ1n) is 6.96. The van der Waals surface area contributed by atoms with Gasteiger partial charge in [0, 0.05) is 11.4 Å². The number of aryl methyl sites for hydroxylation is 2. The van der Waals surface area contributed by atoms with Crippen molar-refractivity contribution in [2.75, 3.05) is 10.8 Å². The molecule has 0 saturated carbocycles. The van der Waals surface area contributed by atoms with E-state index in [4.69, 9.17) is 0 Å². The third-order valence-corrected chi connectivity index (χ3v) is 7.18. The van der Waals surface area contributed by atoms with Gasteiger partial charge >= 0.3 is 0 Å². The molecule has 1 aliphatic heterocycles. The molecule has 0 radical (unpaired) electrons. The summed E-state index contributed by atoms with van der Waals surface area (Å²) in [7, 11) is -3.60. The van der Waals surface area contributed by atoms with Gasteiger partial charge in [-0.05, 0) is 43.0 Å². The number of rotatable bonds is 3. The van der Waals surface area contributed by atoms with Crippen LogP contribution in [-0.4, -0.2) is 20.1 Å². The number of phenolic OH excluding ortho intramolecular Hbond substituents is 1. The van der Waals surface area contributed by atoms with Crippen molar-refractivity contribution in [1.29, 1.82) is 0 Å². The van der Waals surface area contributed by atoms with Crippen molar-refractivity contribution in [3.63, 3.8) is 0 Å². The van der Waals surface area contributed by atoms with Crippen molar-refractivity contribution in [2.45, 2.75) is 30.4 Å². The Morgan fingerprint density at radius 1 is 1.29 bits per heavy atom. The highest BCUT2D eigenvalue weighted by Crippen LogP contribution is 2.39. The van der Waals surface area contributed by atoms with Crippen LogP contribution in [0.15, 0.2) is 34.5 Å². The lowest BCUT2D eigenvalue weighted by atomic mass is 10.0. The van der Waals surface area contributed by atoms with Crippen molar-refractivity contribution in [3.05, 3.63) is 40.8 Å². The van der Waals surface area contributed by atoms with Gasteiger partial charge in [-0.1, -0.05) is 19.1 Å². The second kappa shape index (κ2) is 5.35. The van der Waals surface area contributed by atoms with E-state index in [2.05, 4.69) is 0 Å². The number of phenols is 1. The zero-order valence-electron chi connectivity index (χ0n) is 11.7. The number of nitrogens with zero attached hydrogens (tertiary/aromatic N) is 1. The fourth-order valence-electron chi connectivity index (χ4n) is 2.63. The van der Waals surface area contributed by atoms with Crippen molar-refractivity contribution in [3.8, 4) is 5.75 Å². The largest absolute Gasteiger partial charge is 0.506 e. The van der Waals surface area contributed by atoms with E-state index >= 15 is 0 Å². The van der Waals surface area contributed by atoms with Crippen molar-refractivity contribution in [2.24, 2.45) is 0 Å². The molecule has 6 heteroatoms. The Balaban J connectivity index is 2.09. The predicted octanol–water partition coefficient (Wildman–Crippen LogP) is 3.16. The van der Waals surface area contributed by atoms with Crippen LogP contribution in [0.5, 0.6) is 5.75 Å². The van der Waals surface area contributed by atoms with Crippen LogP contribution < -0.4 is 4.31 Å². The predicted molar refractivity (Wildman–Crippen MR) is 84.7 cm³/mol. The lowest BCUT2D eigenvalue weighted by molar-refractivity contribution is 0.473. The number of benzene rings is 1. The molecule has 0 spiro atoms. The number of hydrogen-bond donors (Lipinski definition) is 1. The highest BCUT2D eigenvalue weighted by atomic mass is 32.2. The number of sulfonamides is 1. The Morgan fingerprint density at radius 2 is 2.10 bits per heavy atom. The fourth-order valence-corrected chi connectivity index (χ4v) is 5.59. The molecule has 4 nitrogen and oxygen atoms in total. The Morgan fingerprint density at radius 3 is 2.81 bits per heavy atom. The highest BCUT2D eigenvalue weighted by Gasteiger charge is 2.32. The number of anilines is 1. The first kappa shape index (κ1) is 14.4. The zero-order chi connectivity index (χ0) is 15.0. The van der Waals surface area contributed by atoms with E-state index in [1.165, 1.54) is 15.6 Å². The Hall–Kier alpha value is -1.53. The van der Waals surface area contributed by atoms with Crippen LogP contribution in [0.4, 0.5) is 5.69 Å². The molecule has 0 fully saturated rings. The molecule has 0 bridgehead atoms. The van der Waals surface area contributed by atoms with Crippen LogP contribution in [0.25, 0.3) is 0 Å². The number of fused-ring (bicyclic) bond motifs is 1. The lowest BCUT2D eigenvalue weighted by Crippen LogP contribution is -2.35. The molecule has 1 aromatic carbocycles. The van der Waals surface area contributed by atoms with E-state index in [-0.39, 0.29) is 5.75 Å². The molecule has 21 heavy (non-hydrogen) atoms. The number of thiophene rings is 1. The summed E-state index contributed by atoms with van der Waals surface area (Å²) in [6.07, 6.45) is 2.38. The van der Waals surface area contributed by atoms with Crippen LogP contribution in [0.2, 0.25) is 0 Å². The van der Waals surface area contributed by atoms with Crippen molar-refractivity contribution >= 4 is 27.0 Å². The number of para-hydroxylation sites is 1. The maximum Gasteiger partial charge on any atom is 0.273 e. The van der Waals surface area contributed by atoms with Crippen LogP contribution in [0.3, 0.4) is 0 Å². The quantitative estimate of drug-likeness (QED) is 0.944. The van der Waals surface area contributed by atoms with Gasteiger partial charge in [0.2, 0.25) is 0 Å². The maximum absolute atomic E-state index is 12.9. The van der Waals surface area contributed by atoms with E-state index in [1.807, 2.05) is 19.1 Å². The van der Waals surface area contributed by atoms with Crippen LogP contribution in [-0.2, 0) is 22.9 Å². The maximum atomic E-state index is 12.9. The van der Waals surface area contributed by atoms with Crippen LogP contribution in [0, 0.1) is 0 Å². The molecule has 1 aliphatic rings. The molecule has 3 rings (SSSR count). The normalized spacial score (nSPS) is 15.0. The molecule has 112 valence electrons. The van der Waals surface area contributed by atoms with E-state index < -0.39 is 10.0 Å². The van der Waals surface area contributed by atoms with Crippen LogP contribution >= 0.6 is 11.3 Å². The average molecular weight is 323 g/mol. The van der Waals surface area contributed by atoms with Crippen molar-refractivity contribution < 1.29 is 13.5 Å². The minimum atomic E-state index is -3.60. The Bertz CT molecular complexity index is 765. The highest BCUT2D eigenvalue weighted by molar-refractivity contribution is 7.94. The average Bonchev–Trinajstić information content (AvgIpc) is 2.97. The monoisotopic (exact) mass is 323 g/mol. The topological polar surface area (TPSA) is 57.6 Å². The van der Waals surface area contributed by atoms with E-state index in [9.17, 15) is 13.5 Å². The summed E-state index contributed by atoms with van der Waals surface area (Å²) < 4.78 is 27.4. The number of aromatic hydroxyl groups is 1. The Labute approximate surface area is 128 Å². The first-order chi connectivity index (χ1) is 10.0. The van der Waals surface area contributed by atoms with Crippen molar-refractivity contribution in [1.82, 2.24) is 0 Å². The Kier molecular flexibility index (Phi) is 3.67. The molecule has 0 saturated heterocycles. The molecule has 1 aromatic heterocycles. The van der Waals surface area contributed by atoms with E-state index in [1.54, 1.807) is 18.2 Å². The zero-order valence-corrected chi connectivity index (χ0v) is 13.4. The molecule has 1 N–H and O–H groups in total. The first-order valence-corrected chi connectivity index (χ1v) is 9.22. The fraction of sp³-hybridized carbons (Fsp3) is 0.333. The van der Waals surface area contributed by atoms with Gasteiger partial charge in [-0.2, -0.15) is 0 Å². The van der Waals surface area contributed by atoms with Crippen LogP contribution in [0.1, 0.15) is 23.8 Å². The summed E-state index contributed by atoms with van der Waals surface area (Å²) in [5, 5.41) is 10.1. The smallest absolute Gasteiger partial charge is 0.273 e. The van der Waals surface area contributed by atoms with Gasteiger partial charge in [-0.25, -0.2) is 8.42 Å². The summed E-state index contributed by atoms with van der Waals surface area (Å²) in [5.41, 5.74) is 1.33. The van der Waals surface area contributed by atoms with Gasteiger partial charge in [0.25, 0.3) is 10.0 Å². The van der Waals surface area contributed by atoms with E-state index in [0.717, 1.165) is 29.7 Å². The van der Waals surface area contributed by atoms with Gasteiger partial charge < -0.3 is 5.11 Å². The summed E-state index contributed by atoms with van der Waals surface area (Å²) in [6.45, 7) is 2.41. The van der Waals surface area contributed by atoms with Gasteiger partial charge in [-0.15, -0.1) is 11.3 Å². The lowest BCUT2D eigenvalue weighted by Gasteiger charge is -2.30. The molecule has 0 atom stereocenters. The summed E-state index contributed by atoms with van der Waals surface area (Å²) in [4.78, 5) is 1.04. The molecular weight excluding hydrogens is 306 g/mol. The molecule has 2 aromatic rings.